The highest BCUT2D eigenvalue weighted by Crippen LogP contribution is 2.37. The molecule has 10 heteroatoms. The van der Waals surface area contributed by atoms with E-state index in [0.717, 1.165) is 41.5 Å². The van der Waals surface area contributed by atoms with E-state index in [-0.39, 0.29) is 11.7 Å². The van der Waals surface area contributed by atoms with Crippen LogP contribution in [0.5, 0.6) is 5.75 Å². The molecule has 0 aliphatic carbocycles. The number of hydrogen-bond donors (Lipinski definition) is 1. The van der Waals surface area contributed by atoms with Gasteiger partial charge in [0.15, 0.2) is 0 Å². The van der Waals surface area contributed by atoms with Crippen LogP contribution in [0.2, 0.25) is 0 Å². The van der Waals surface area contributed by atoms with Gasteiger partial charge in [0.1, 0.15) is 17.2 Å². The molecule has 0 spiro atoms. The largest absolute Gasteiger partial charge is 0.496 e. The Balaban J connectivity index is 0.000000555. The van der Waals surface area contributed by atoms with Crippen LogP contribution in [0, 0.1) is 5.82 Å². The number of ether oxygens (including phenoxy) is 1. The van der Waals surface area contributed by atoms with Crippen molar-refractivity contribution in [1.82, 2.24) is 19.2 Å². The number of sulfonamides is 1. The summed E-state index contributed by atoms with van der Waals surface area (Å²) >= 11 is 0. The Morgan fingerprint density at radius 3 is 2.42 bits per heavy atom. The number of fused-ring (bicyclic) bond motifs is 1. The van der Waals surface area contributed by atoms with Gasteiger partial charge in [-0.3, -0.25) is 4.79 Å². The van der Waals surface area contributed by atoms with Gasteiger partial charge in [-0.1, -0.05) is 0 Å². The van der Waals surface area contributed by atoms with Crippen molar-refractivity contribution in [3.05, 3.63) is 48.0 Å². The maximum absolute atomic E-state index is 13.9. The number of piperidine rings is 1. The molecular weight excluding hydrogens is 447 g/mol. The maximum atomic E-state index is 13.9. The maximum Gasteiger partial charge on any atom is 0.211 e. The van der Waals surface area contributed by atoms with E-state index in [1.54, 1.807) is 33.5 Å². The summed E-state index contributed by atoms with van der Waals surface area (Å²) in [5.41, 5.74) is 3.27. The van der Waals surface area contributed by atoms with Crippen LogP contribution in [0.4, 0.5) is 4.39 Å². The molecule has 1 aromatic carbocycles. The summed E-state index contributed by atoms with van der Waals surface area (Å²) in [6.45, 7) is 1.02. The van der Waals surface area contributed by atoms with E-state index in [2.05, 4.69) is 9.97 Å². The number of amides is 1. The van der Waals surface area contributed by atoms with E-state index in [1.165, 1.54) is 27.6 Å². The third-order valence-electron chi connectivity index (χ3n) is 5.58. The Kier molecular flexibility index (Phi) is 7.70. The summed E-state index contributed by atoms with van der Waals surface area (Å²) in [6.07, 6.45) is 5.18. The molecule has 0 unspecified atom stereocenters. The second-order valence-corrected chi connectivity index (χ2v) is 10.2. The van der Waals surface area contributed by atoms with Gasteiger partial charge in [-0.15, -0.1) is 0 Å². The minimum atomic E-state index is -3.15. The van der Waals surface area contributed by atoms with Gasteiger partial charge in [0.05, 0.1) is 13.4 Å². The molecule has 2 aromatic heterocycles. The van der Waals surface area contributed by atoms with Crippen LogP contribution in [0.1, 0.15) is 24.5 Å². The Bertz CT molecular complexity index is 1220. The Morgan fingerprint density at radius 1 is 1.18 bits per heavy atom. The molecule has 1 fully saturated rings. The third-order valence-corrected chi connectivity index (χ3v) is 6.88. The first-order valence-electron chi connectivity index (χ1n) is 10.5. The Morgan fingerprint density at radius 2 is 1.85 bits per heavy atom. The second-order valence-electron chi connectivity index (χ2n) is 8.20. The number of benzene rings is 1. The quantitative estimate of drug-likeness (QED) is 0.571. The normalized spacial score (nSPS) is 15.1. The molecule has 0 radical (unpaired) electrons. The number of nitrogens with zero attached hydrogens (tertiary/aromatic N) is 3. The number of pyridine rings is 1. The van der Waals surface area contributed by atoms with Gasteiger partial charge in [-0.25, -0.2) is 22.1 Å². The number of H-pyrrole nitrogens is 1. The number of rotatable bonds is 5. The van der Waals surface area contributed by atoms with Gasteiger partial charge in [-0.2, -0.15) is 0 Å². The molecule has 8 nitrogen and oxygen atoms in total. The van der Waals surface area contributed by atoms with Gasteiger partial charge >= 0.3 is 0 Å². The summed E-state index contributed by atoms with van der Waals surface area (Å²) in [5, 5.41) is 0.895. The zero-order valence-electron chi connectivity index (χ0n) is 19.2. The lowest BCUT2D eigenvalue weighted by atomic mass is 9.94. The predicted molar refractivity (Wildman–Crippen MR) is 126 cm³/mol. The SMILES string of the molecule is CN(C)C=O.COc1ccc(F)cc1-c1ccnc2[nH]c(C3CCN(S(C)(=O)=O)CC3)cc12. The van der Waals surface area contributed by atoms with E-state index in [4.69, 9.17) is 4.74 Å². The molecule has 1 saturated heterocycles. The molecule has 33 heavy (non-hydrogen) atoms. The topological polar surface area (TPSA) is 95.6 Å². The van der Waals surface area contributed by atoms with Crippen LogP contribution >= 0.6 is 0 Å². The smallest absolute Gasteiger partial charge is 0.211 e. The molecule has 178 valence electrons. The van der Waals surface area contributed by atoms with Crippen molar-refractivity contribution >= 4 is 27.5 Å². The molecule has 3 aromatic rings. The van der Waals surface area contributed by atoms with Crippen LogP contribution in [0.3, 0.4) is 0 Å². The molecule has 1 aliphatic heterocycles. The number of nitrogens with one attached hydrogen (secondary N) is 1. The molecule has 1 aliphatic rings. The Hall–Kier alpha value is -2.98. The summed E-state index contributed by atoms with van der Waals surface area (Å²) < 4.78 is 44.2. The molecule has 1 N–H and O–H groups in total. The van der Waals surface area contributed by atoms with Crippen molar-refractivity contribution in [2.75, 3.05) is 40.6 Å². The van der Waals surface area contributed by atoms with Crippen LogP contribution < -0.4 is 4.74 Å². The van der Waals surface area contributed by atoms with Gasteiger partial charge in [-0.05, 0) is 48.7 Å². The lowest BCUT2D eigenvalue weighted by Crippen LogP contribution is -2.37. The molecule has 3 heterocycles. The average Bonchev–Trinajstić information content (AvgIpc) is 3.23. The van der Waals surface area contributed by atoms with Gasteiger partial charge in [0.25, 0.3) is 0 Å². The number of halogens is 1. The summed E-state index contributed by atoms with van der Waals surface area (Å²) in [5.74, 6) is 0.497. The van der Waals surface area contributed by atoms with Crippen molar-refractivity contribution in [3.8, 4) is 16.9 Å². The highest BCUT2D eigenvalue weighted by atomic mass is 32.2. The van der Waals surface area contributed by atoms with Crippen molar-refractivity contribution in [3.63, 3.8) is 0 Å². The number of aromatic nitrogens is 2. The van der Waals surface area contributed by atoms with Crippen LogP contribution in [0.15, 0.2) is 36.5 Å². The van der Waals surface area contributed by atoms with E-state index in [9.17, 15) is 17.6 Å². The Labute approximate surface area is 193 Å². The fourth-order valence-electron chi connectivity index (χ4n) is 3.89. The highest BCUT2D eigenvalue weighted by molar-refractivity contribution is 7.88. The van der Waals surface area contributed by atoms with Crippen molar-refractivity contribution in [2.45, 2.75) is 18.8 Å². The molecule has 1 amide bonds. The third kappa shape index (κ3) is 5.88. The summed E-state index contributed by atoms with van der Waals surface area (Å²) in [4.78, 5) is 18.7. The first-order valence-corrected chi connectivity index (χ1v) is 12.4. The first-order chi connectivity index (χ1) is 15.6. The number of methoxy groups -OCH3 is 1. The van der Waals surface area contributed by atoms with Crippen molar-refractivity contribution in [2.24, 2.45) is 0 Å². The van der Waals surface area contributed by atoms with Crippen molar-refractivity contribution in [1.29, 1.82) is 0 Å². The fraction of sp³-hybridized carbons (Fsp3) is 0.391. The zero-order valence-corrected chi connectivity index (χ0v) is 20.0. The molecule has 0 atom stereocenters. The van der Waals surface area contributed by atoms with E-state index >= 15 is 0 Å². The second kappa shape index (κ2) is 10.3. The lowest BCUT2D eigenvalue weighted by molar-refractivity contribution is -0.115. The summed E-state index contributed by atoms with van der Waals surface area (Å²) in [7, 11) is 1.79. The standard InChI is InChI=1S/C20H22FN3O3S.C3H7NO/c1-27-19-4-3-14(21)11-16(19)15-5-8-22-20-17(15)12-18(23-20)13-6-9-24(10-7-13)28(2,25)26;1-4(2)3-5/h3-5,8,11-13H,6-7,9-10H2,1-2H3,(H,22,23);3H,1-2H3. The van der Waals surface area contributed by atoms with Crippen LogP contribution in [-0.4, -0.2) is 74.6 Å². The van der Waals surface area contributed by atoms with E-state index in [0.29, 0.717) is 24.4 Å². The predicted octanol–water partition coefficient (Wildman–Crippen LogP) is 3.22. The average molecular weight is 477 g/mol. The molecule has 0 bridgehead atoms. The van der Waals surface area contributed by atoms with Gasteiger partial charge in [0.2, 0.25) is 16.4 Å². The fourth-order valence-corrected chi connectivity index (χ4v) is 4.77. The number of aromatic amines is 1. The summed E-state index contributed by atoms with van der Waals surface area (Å²) in [6, 6.07) is 8.35. The number of carbonyl (C=O) groups is 1. The van der Waals surface area contributed by atoms with Crippen LogP contribution in [0.25, 0.3) is 22.2 Å². The minimum absolute atomic E-state index is 0.231. The molecule has 4 rings (SSSR count). The number of hydrogen-bond acceptors (Lipinski definition) is 5. The highest BCUT2D eigenvalue weighted by Gasteiger charge is 2.27. The first kappa shape index (κ1) is 24.7. The van der Waals surface area contributed by atoms with Gasteiger partial charge < -0.3 is 14.6 Å². The molecular formula is C23H29FN4O4S. The molecule has 0 saturated carbocycles. The monoisotopic (exact) mass is 476 g/mol. The minimum Gasteiger partial charge on any atom is -0.496 e. The van der Waals surface area contributed by atoms with Gasteiger partial charge in [0, 0.05) is 55.9 Å². The van der Waals surface area contributed by atoms with Crippen molar-refractivity contribution < 1.29 is 22.3 Å². The van der Waals surface area contributed by atoms with E-state index in [1.807, 2.05) is 12.1 Å². The van der Waals surface area contributed by atoms with Crippen LogP contribution in [-0.2, 0) is 14.8 Å². The zero-order chi connectivity index (χ0) is 24.2. The van der Waals surface area contributed by atoms with E-state index < -0.39 is 10.0 Å². The lowest BCUT2D eigenvalue weighted by Gasteiger charge is -2.29. The number of carbonyl (C=O) groups excluding carboxylic acids is 1.